The fraction of sp³-hybridized carbons (Fsp3) is 0.833. The van der Waals surface area contributed by atoms with Gasteiger partial charge in [-0.3, -0.25) is 4.79 Å². The van der Waals surface area contributed by atoms with Crippen LogP contribution in [0.4, 0.5) is 4.79 Å². The highest BCUT2D eigenvalue weighted by Crippen LogP contribution is 2.64. The molecule has 0 bridgehead atoms. The summed E-state index contributed by atoms with van der Waals surface area (Å²) in [6.07, 6.45) is -1.37. The molecule has 2 N–H and O–H groups in total. The molecule has 5 atom stereocenters. The van der Waals surface area contributed by atoms with Crippen molar-refractivity contribution in [3.63, 3.8) is 0 Å². The quantitative estimate of drug-likeness (QED) is 0.759. The Kier molecular flexibility index (Phi) is 5.29. The van der Waals surface area contributed by atoms with Gasteiger partial charge in [-0.2, -0.15) is 0 Å². The molecule has 1 aliphatic heterocycles. The number of nitrogens with zero attached hydrogens (tertiary/aromatic N) is 1. The van der Waals surface area contributed by atoms with Gasteiger partial charge in [0.05, 0.1) is 6.10 Å². The highest BCUT2D eigenvalue weighted by molar-refractivity contribution is 5.91. The van der Waals surface area contributed by atoms with Crippen LogP contribution in [0.25, 0.3) is 0 Å². The van der Waals surface area contributed by atoms with E-state index in [-0.39, 0.29) is 17.3 Å². The lowest BCUT2D eigenvalue weighted by Crippen LogP contribution is -2.58. The molecule has 0 aromatic carbocycles. The van der Waals surface area contributed by atoms with Crippen molar-refractivity contribution in [3.05, 3.63) is 0 Å². The Morgan fingerprint density at radius 1 is 1.27 bits per heavy atom. The molecule has 1 saturated carbocycles. The molecule has 8 nitrogen and oxygen atoms in total. The number of carbonyl (C=O) groups excluding carboxylic acids is 2. The van der Waals surface area contributed by atoms with Gasteiger partial charge in [-0.15, -0.1) is 0 Å². The van der Waals surface area contributed by atoms with Crippen LogP contribution in [0.2, 0.25) is 0 Å². The van der Waals surface area contributed by atoms with Gasteiger partial charge in [0.2, 0.25) is 5.91 Å². The zero-order valence-corrected chi connectivity index (χ0v) is 16.5. The van der Waals surface area contributed by atoms with Crippen molar-refractivity contribution in [3.8, 4) is 0 Å². The molecule has 148 valence electrons. The summed E-state index contributed by atoms with van der Waals surface area (Å²) < 4.78 is 10.5. The minimum absolute atomic E-state index is 0.0658. The number of carboxylic acids is 1. The van der Waals surface area contributed by atoms with Gasteiger partial charge in [0, 0.05) is 19.6 Å². The van der Waals surface area contributed by atoms with Gasteiger partial charge in [-0.25, -0.2) is 9.59 Å². The molecule has 2 amide bonds. The van der Waals surface area contributed by atoms with E-state index in [0.29, 0.717) is 6.54 Å². The molecule has 2 fully saturated rings. The molecule has 0 aromatic rings. The van der Waals surface area contributed by atoms with Crippen LogP contribution < -0.4 is 5.32 Å². The third-order valence-electron chi connectivity index (χ3n) is 5.52. The SMILES string of the molecule is CO[C@H](C)[C@H](NC(=O)OC(C)(C)C)C(=O)N1C[C@H]2[C@@H]([C@H]1C(=O)O)C2(C)C. The lowest BCUT2D eigenvalue weighted by atomic mass is 10.00. The van der Waals surface area contributed by atoms with Gasteiger partial charge in [0.15, 0.2) is 0 Å². The largest absolute Gasteiger partial charge is 0.480 e. The lowest BCUT2D eigenvalue weighted by molar-refractivity contribution is -0.152. The number of carbonyl (C=O) groups is 3. The second kappa shape index (κ2) is 6.72. The number of rotatable bonds is 5. The minimum Gasteiger partial charge on any atom is -0.480 e. The average molecular weight is 370 g/mol. The van der Waals surface area contributed by atoms with Crippen molar-refractivity contribution < 1.29 is 29.0 Å². The minimum atomic E-state index is -1.02. The molecule has 2 rings (SSSR count). The first-order valence-corrected chi connectivity index (χ1v) is 8.87. The Labute approximate surface area is 154 Å². The number of carboxylic acid groups (broad SMARTS) is 1. The number of hydrogen-bond acceptors (Lipinski definition) is 5. The zero-order chi connectivity index (χ0) is 20.0. The van der Waals surface area contributed by atoms with E-state index in [9.17, 15) is 19.5 Å². The number of piperidine rings is 1. The van der Waals surface area contributed by atoms with Gasteiger partial charge < -0.3 is 24.8 Å². The van der Waals surface area contributed by atoms with Crippen LogP contribution in [0, 0.1) is 17.3 Å². The predicted octanol–water partition coefficient (Wildman–Crippen LogP) is 1.48. The topological polar surface area (TPSA) is 105 Å². The fourth-order valence-electron chi connectivity index (χ4n) is 3.92. The maximum Gasteiger partial charge on any atom is 0.408 e. The Morgan fingerprint density at radius 3 is 2.31 bits per heavy atom. The summed E-state index contributed by atoms with van der Waals surface area (Å²) in [5.41, 5.74) is -0.794. The molecule has 0 unspecified atom stereocenters. The van der Waals surface area contributed by atoms with Crippen LogP contribution in [0.3, 0.4) is 0 Å². The lowest BCUT2D eigenvalue weighted by Gasteiger charge is -2.33. The van der Waals surface area contributed by atoms with E-state index < -0.39 is 41.8 Å². The van der Waals surface area contributed by atoms with E-state index in [0.717, 1.165) is 0 Å². The summed E-state index contributed by atoms with van der Waals surface area (Å²) in [6, 6.07) is -1.90. The van der Waals surface area contributed by atoms with Crippen molar-refractivity contribution in [1.82, 2.24) is 10.2 Å². The number of nitrogens with one attached hydrogen (secondary N) is 1. The molecule has 0 radical (unpaired) electrons. The first kappa shape index (κ1) is 20.5. The Bertz CT molecular complexity index is 597. The Balaban J connectivity index is 2.17. The molecule has 0 aromatic heterocycles. The number of amides is 2. The van der Waals surface area contributed by atoms with E-state index in [1.165, 1.54) is 12.0 Å². The molecule has 8 heteroatoms. The fourth-order valence-corrected chi connectivity index (χ4v) is 3.92. The van der Waals surface area contributed by atoms with Crippen LogP contribution in [0.15, 0.2) is 0 Å². The van der Waals surface area contributed by atoms with Crippen LogP contribution >= 0.6 is 0 Å². The van der Waals surface area contributed by atoms with E-state index in [4.69, 9.17) is 9.47 Å². The Morgan fingerprint density at radius 2 is 1.85 bits per heavy atom. The van der Waals surface area contributed by atoms with Crippen LogP contribution in [0.1, 0.15) is 41.5 Å². The summed E-state index contributed by atoms with van der Waals surface area (Å²) in [5, 5.41) is 12.2. The smallest absolute Gasteiger partial charge is 0.408 e. The van der Waals surface area contributed by atoms with E-state index in [1.807, 2.05) is 13.8 Å². The van der Waals surface area contributed by atoms with Crippen molar-refractivity contribution in [1.29, 1.82) is 0 Å². The number of hydrogen-bond donors (Lipinski definition) is 2. The van der Waals surface area contributed by atoms with Gasteiger partial charge in [-0.05, 0) is 39.0 Å². The van der Waals surface area contributed by atoms with Gasteiger partial charge in [-0.1, -0.05) is 13.8 Å². The number of aliphatic carboxylic acids is 1. The van der Waals surface area contributed by atoms with Crippen molar-refractivity contribution >= 4 is 18.0 Å². The van der Waals surface area contributed by atoms with E-state index in [1.54, 1.807) is 27.7 Å². The molecular weight excluding hydrogens is 340 g/mol. The summed E-state index contributed by atoms with van der Waals surface area (Å²) >= 11 is 0. The summed E-state index contributed by atoms with van der Waals surface area (Å²) in [5.74, 6) is -1.38. The van der Waals surface area contributed by atoms with Gasteiger partial charge >= 0.3 is 12.1 Å². The maximum atomic E-state index is 13.1. The number of likely N-dealkylation sites (tertiary alicyclic amines) is 1. The van der Waals surface area contributed by atoms with Crippen LogP contribution in [0.5, 0.6) is 0 Å². The molecule has 1 heterocycles. The molecule has 1 aliphatic carbocycles. The molecule has 0 spiro atoms. The van der Waals surface area contributed by atoms with Crippen LogP contribution in [-0.2, 0) is 19.1 Å². The molecule has 2 aliphatic rings. The standard InChI is InChI=1S/C18H30N2O6/c1-9(25-7)12(19-16(24)26-17(2,3)4)14(21)20-8-10-11(18(10,5)6)13(20)15(22)23/h9-13H,8H2,1-7H3,(H,19,24)(H,22,23)/t9-,10+,11+,12+,13+/m1/s1. The third-order valence-corrected chi connectivity index (χ3v) is 5.52. The van der Waals surface area contributed by atoms with Crippen molar-refractivity contribution in [2.75, 3.05) is 13.7 Å². The van der Waals surface area contributed by atoms with Crippen molar-refractivity contribution in [2.24, 2.45) is 17.3 Å². The first-order chi connectivity index (χ1) is 11.8. The van der Waals surface area contributed by atoms with E-state index >= 15 is 0 Å². The first-order valence-electron chi connectivity index (χ1n) is 8.87. The van der Waals surface area contributed by atoms with Crippen LogP contribution in [-0.4, -0.2) is 65.4 Å². The van der Waals surface area contributed by atoms with Gasteiger partial charge in [0.1, 0.15) is 17.7 Å². The second-order valence-electron chi connectivity index (χ2n) is 8.79. The maximum absolute atomic E-state index is 13.1. The van der Waals surface area contributed by atoms with E-state index in [2.05, 4.69) is 5.32 Å². The monoisotopic (exact) mass is 370 g/mol. The number of fused-ring (bicyclic) bond motifs is 1. The molecular formula is C18H30N2O6. The molecule has 1 saturated heterocycles. The summed E-state index contributed by atoms with van der Waals surface area (Å²) in [6.45, 7) is 11.2. The number of ether oxygens (including phenoxy) is 2. The average Bonchev–Trinajstić information content (AvgIpc) is 2.86. The van der Waals surface area contributed by atoms with Gasteiger partial charge in [0.25, 0.3) is 0 Å². The summed E-state index contributed by atoms with van der Waals surface area (Å²) in [7, 11) is 1.43. The highest BCUT2D eigenvalue weighted by Gasteiger charge is 2.69. The third kappa shape index (κ3) is 3.79. The second-order valence-corrected chi connectivity index (χ2v) is 8.79. The van der Waals surface area contributed by atoms with Crippen molar-refractivity contribution in [2.45, 2.75) is 65.3 Å². The highest BCUT2D eigenvalue weighted by atomic mass is 16.6. The molecule has 26 heavy (non-hydrogen) atoms. The number of alkyl carbamates (subject to hydrolysis) is 1. The normalized spacial score (nSPS) is 28.7. The summed E-state index contributed by atoms with van der Waals surface area (Å²) in [4.78, 5) is 38.3. The predicted molar refractivity (Wildman–Crippen MR) is 93.5 cm³/mol. The zero-order valence-electron chi connectivity index (χ0n) is 16.5. The number of methoxy groups -OCH3 is 1. The Hall–Kier alpha value is -1.83.